The Balaban J connectivity index is 1.77. The Kier molecular flexibility index (Phi) is 3.79. The number of β-amino-alcohol motifs (C(OH)–C–C–N with tert-alkyl or cyclic N) is 1. The van der Waals surface area contributed by atoms with Gasteiger partial charge in [0.1, 0.15) is 4.88 Å². The Hall–Kier alpha value is -0.980. The molecule has 6 heteroatoms. The van der Waals surface area contributed by atoms with Crippen molar-refractivity contribution in [3.63, 3.8) is 0 Å². The maximum absolute atomic E-state index is 12.6. The Morgan fingerprint density at radius 3 is 2.90 bits per heavy atom. The summed E-state index contributed by atoms with van der Waals surface area (Å²) in [6, 6.07) is -0.272. The number of rotatable bonds is 4. The fourth-order valence-corrected chi connectivity index (χ4v) is 3.89. The second-order valence-electron chi connectivity index (χ2n) is 5.85. The highest BCUT2D eigenvalue weighted by molar-refractivity contribution is 7.13. The van der Waals surface area contributed by atoms with E-state index in [9.17, 15) is 15.0 Å². The predicted molar refractivity (Wildman–Crippen MR) is 75.8 cm³/mol. The van der Waals surface area contributed by atoms with Gasteiger partial charge in [-0.25, -0.2) is 4.98 Å². The Morgan fingerprint density at radius 2 is 2.25 bits per heavy atom. The molecule has 1 saturated carbocycles. The summed E-state index contributed by atoms with van der Waals surface area (Å²) in [5, 5.41) is 20.1. The second-order valence-corrected chi connectivity index (χ2v) is 6.94. The quantitative estimate of drug-likeness (QED) is 0.868. The van der Waals surface area contributed by atoms with Gasteiger partial charge in [0.15, 0.2) is 0 Å². The number of aromatic nitrogens is 1. The number of hydrogen-bond acceptors (Lipinski definition) is 5. The molecule has 1 saturated heterocycles. The third kappa shape index (κ3) is 2.73. The fraction of sp³-hybridized carbons (Fsp3) is 0.714. The molecule has 2 fully saturated rings. The van der Waals surface area contributed by atoms with Crippen LogP contribution < -0.4 is 0 Å². The summed E-state index contributed by atoms with van der Waals surface area (Å²) in [6.45, 7) is 2.07. The number of hydrogen-bond donors (Lipinski definition) is 2. The molecule has 20 heavy (non-hydrogen) atoms. The fourth-order valence-electron chi connectivity index (χ4n) is 2.75. The molecule has 1 aromatic rings. The van der Waals surface area contributed by atoms with Crippen molar-refractivity contribution in [1.82, 2.24) is 9.88 Å². The van der Waals surface area contributed by atoms with Crippen LogP contribution in [-0.2, 0) is 6.42 Å². The first-order chi connectivity index (χ1) is 9.58. The van der Waals surface area contributed by atoms with Crippen molar-refractivity contribution in [2.24, 2.45) is 5.92 Å². The topological polar surface area (TPSA) is 73.7 Å². The molecule has 0 spiro atoms. The zero-order valence-corrected chi connectivity index (χ0v) is 12.4. The minimum Gasteiger partial charge on any atom is -0.394 e. The van der Waals surface area contributed by atoms with E-state index in [4.69, 9.17) is 0 Å². The summed E-state index contributed by atoms with van der Waals surface area (Å²) in [5.74, 6) is 0.653. The monoisotopic (exact) mass is 296 g/mol. The molecule has 2 N–H and O–H groups in total. The van der Waals surface area contributed by atoms with Crippen LogP contribution in [0.3, 0.4) is 0 Å². The average Bonchev–Trinajstić information content (AvgIpc) is 3.03. The number of aliphatic hydroxyl groups excluding tert-OH is 2. The number of nitrogens with zero attached hydrogens (tertiary/aromatic N) is 2. The van der Waals surface area contributed by atoms with Gasteiger partial charge in [-0.05, 0) is 32.1 Å². The normalized spacial score (nSPS) is 26.2. The maximum atomic E-state index is 12.6. The van der Waals surface area contributed by atoms with Gasteiger partial charge in [0.05, 0.1) is 29.5 Å². The van der Waals surface area contributed by atoms with Crippen molar-refractivity contribution in [3.8, 4) is 0 Å². The van der Waals surface area contributed by atoms with Crippen LogP contribution in [0.5, 0.6) is 0 Å². The predicted octanol–water partition coefficient (Wildman–Crippen LogP) is 0.972. The number of aryl methyl sites for hydroxylation is 1. The molecule has 5 nitrogen and oxygen atoms in total. The average molecular weight is 296 g/mol. The molecule has 2 atom stereocenters. The second kappa shape index (κ2) is 5.42. The van der Waals surface area contributed by atoms with Gasteiger partial charge in [-0.3, -0.25) is 4.79 Å². The van der Waals surface area contributed by atoms with E-state index >= 15 is 0 Å². The van der Waals surface area contributed by atoms with Crippen molar-refractivity contribution in [1.29, 1.82) is 0 Å². The lowest BCUT2D eigenvalue weighted by Crippen LogP contribution is -2.37. The smallest absolute Gasteiger partial charge is 0.266 e. The molecule has 1 aromatic heterocycles. The van der Waals surface area contributed by atoms with E-state index < -0.39 is 6.10 Å². The summed E-state index contributed by atoms with van der Waals surface area (Å²) in [5.41, 5.74) is 0.772. The van der Waals surface area contributed by atoms with Gasteiger partial charge in [-0.15, -0.1) is 11.3 Å². The van der Waals surface area contributed by atoms with Gasteiger partial charge >= 0.3 is 0 Å². The number of carbonyl (C=O) groups excluding carboxylic acids is 1. The van der Waals surface area contributed by atoms with Crippen molar-refractivity contribution in [3.05, 3.63) is 15.6 Å². The molecular weight excluding hydrogens is 276 g/mol. The third-order valence-corrected chi connectivity index (χ3v) is 5.23. The number of carbonyl (C=O) groups is 1. The molecule has 1 amide bonds. The molecule has 0 aromatic carbocycles. The Labute approximate surface area is 122 Å². The summed E-state index contributed by atoms with van der Waals surface area (Å²) in [7, 11) is 0. The van der Waals surface area contributed by atoms with E-state index in [2.05, 4.69) is 4.98 Å². The molecule has 2 heterocycles. The Bertz CT molecular complexity index is 513. The van der Waals surface area contributed by atoms with Crippen molar-refractivity contribution in [2.45, 2.75) is 44.8 Å². The van der Waals surface area contributed by atoms with E-state index in [1.165, 1.54) is 24.2 Å². The summed E-state index contributed by atoms with van der Waals surface area (Å²) in [4.78, 5) is 19.3. The minimum absolute atomic E-state index is 0.0994. The van der Waals surface area contributed by atoms with E-state index in [-0.39, 0.29) is 18.6 Å². The summed E-state index contributed by atoms with van der Waals surface area (Å²) >= 11 is 1.47. The van der Waals surface area contributed by atoms with Gasteiger partial charge in [-0.1, -0.05) is 0 Å². The van der Waals surface area contributed by atoms with Crippen LogP contribution in [-0.4, -0.2) is 51.3 Å². The van der Waals surface area contributed by atoms with Gasteiger partial charge in [0.2, 0.25) is 0 Å². The highest BCUT2D eigenvalue weighted by atomic mass is 32.1. The number of aliphatic hydroxyl groups is 2. The van der Waals surface area contributed by atoms with Crippen LogP contribution in [0.25, 0.3) is 0 Å². The van der Waals surface area contributed by atoms with E-state index in [1.807, 2.05) is 6.92 Å². The van der Waals surface area contributed by atoms with Gasteiger partial charge < -0.3 is 15.1 Å². The van der Waals surface area contributed by atoms with Crippen LogP contribution in [0.2, 0.25) is 0 Å². The molecule has 1 aliphatic carbocycles. The van der Waals surface area contributed by atoms with Gasteiger partial charge in [0.25, 0.3) is 5.91 Å². The first-order valence-electron chi connectivity index (χ1n) is 7.14. The van der Waals surface area contributed by atoms with Gasteiger partial charge in [-0.2, -0.15) is 0 Å². The molecule has 0 unspecified atom stereocenters. The van der Waals surface area contributed by atoms with Crippen molar-refractivity contribution >= 4 is 17.2 Å². The highest BCUT2D eigenvalue weighted by Gasteiger charge is 2.36. The third-order valence-electron chi connectivity index (χ3n) is 4.06. The first kappa shape index (κ1) is 14.0. The number of likely N-dealkylation sites (tertiary alicyclic amines) is 1. The summed E-state index contributed by atoms with van der Waals surface area (Å²) < 4.78 is 0. The molecular formula is C14H20N2O3S. The lowest BCUT2D eigenvalue weighted by atomic mass is 10.2. The zero-order chi connectivity index (χ0) is 14.3. The van der Waals surface area contributed by atoms with Crippen LogP contribution in [0, 0.1) is 12.8 Å². The van der Waals surface area contributed by atoms with E-state index in [0.717, 1.165) is 23.0 Å². The molecule has 0 bridgehead atoms. The molecule has 2 aliphatic rings. The van der Waals surface area contributed by atoms with Crippen LogP contribution in [0.1, 0.15) is 39.6 Å². The van der Waals surface area contributed by atoms with Crippen LogP contribution in [0.15, 0.2) is 0 Å². The lowest BCUT2D eigenvalue weighted by molar-refractivity contribution is 0.0669. The molecule has 0 radical (unpaired) electrons. The van der Waals surface area contributed by atoms with Crippen LogP contribution >= 0.6 is 11.3 Å². The molecule has 110 valence electrons. The van der Waals surface area contributed by atoms with E-state index in [0.29, 0.717) is 17.8 Å². The highest BCUT2D eigenvalue weighted by Crippen LogP contribution is 2.35. The first-order valence-corrected chi connectivity index (χ1v) is 7.96. The van der Waals surface area contributed by atoms with Crippen LogP contribution in [0.4, 0.5) is 0 Å². The minimum atomic E-state index is -0.532. The lowest BCUT2D eigenvalue weighted by Gasteiger charge is -2.22. The molecule has 1 aliphatic heterocycles. The number of amides is 1. The van der Waals surface area contributed by atoms with E-state index in [1.54, 1.807) is 4.90 Å². The van der Waals surface area contributed by atoms with Crippen molar-refractivity contribution in [2.75, 3.05) is 13.2 Å². The summed E-state index contributed by atoms with van der Waals surface area (Å²) in [6.07, 6.45) is 3.44. The van der Waals surface area contributed by atoms with Crippen molar-refractivity contribution < 1.29 is 15.0 Å². The molecule has 3 rings (SSSR count). The largest absolute Gasteiger partial charge is 0.394 e. The SMILES string of the molecule is Cc1nc(CC2CC2)sc1C(=O)N1C[C@@H](O)C[C@H]1CO. The number of thiazole rings is 1. The standard InChI is InChI=1S/C14H20N2O3S/c1-8-13(20-12(15-8)4-9-2-3-9)14(19)16-6-11(18)5-10(16)7-17/h9-11,17-18H,2-7H2,1H3/t10-,11-/m0/s1. The van der Waals surface area contributed by atoms with Gasteiger partial charge in [0, 0.05) is 13.0 Å². The zero-order valence-electron chi connectivity index (χ0n) is 11.6. The Morgan fingerprint density at radius 1 is 1.50 bits per heavy atom. The maximum Gasteiger partial charge on any atom is 0.266 e.